The van der Waals surface area contributed by atoms with Crippen molar-refractivity contribution in [3.05, 3.63) is 59.7 Å². The van der Waals surface area contributed by atoms with Crippen molar-refractivity contribution in [3.63, 3.8) is 0 Å². The average Bonchev–Trinajstić information content (AvgIpc) is 2.62. The van der Waals surface area contributed by atoms with Gasteiger partial charge in [0, 0.05) is 11.3 Å². The molecule has 0 aromatic heterocycles. The van der Waals surface area contributed by atoms with E-state index >= 15 is 0 Å². The molecule has 0 saturated heterocycles. The summed E-state index contributed by atoms with van der Waals surface area (Å²) in [4.78, 5) is 37.7. The molecule has 2 amide bonds. The minimum atomic E-state index is -0.284. The van der Waals surface area contributed by atoms with E-state index in [9.17, 15) is 14.4 Å². The number of amides is 2. The first kappa shape index (κ1) is 20.3. The van der Waals surface area contributed by atoms with Crippen LogP contribution in [0.3, 0.4) is 0 Å². The van der Waals surface area contributed by atoms with Gasteiger partial charge in [-0.25, -0.2) is 0 Å². The smallest absolute Gasteiger partial charge is 0.238 e. The summed E-state index contributed by atoms with van der Waals surface area (Å²) in [6.07, 6.45) is 0.824. The standard InChI is InChI=1S/C21H25N3O3/c1-4-16-9-5-7-11-18(16)22-20(26)13-24(3)14-21(27)23-19-12-8-6-10-17(19)15(2)25/h5-12H,4,13-14H2,1-3H3,(H,22,26)(H,23,27). The lowest BCUT2D eigenvalue weighted by Crippen LogP contribution is -2.36. The number of rotatable bonds is 8. The van der Waals surface area contributed by atoms with E-state index in [-0.39, 0.29) is 30.7 Å². The highest BCUT2D eigenvalue weighted by molar-refractivity contribution is 6.04. The number of benzene rings is 2. The highest BCUT2D eigenvalue weighted by Gasteiger charge is 2.14. The maximum atomic E-state index is 12.2. The number of Topliss-reactive ketones (excluding diaryl/α,β-unsaturated/α-hetero) is 1. The molecule has 0 aliphatic rings. The van der Waals surface area contributed by atoms with E-state index in [1.54, 1.807) is 36.2 Å². The number of aryl methyl sites for hydroxylation is 1. The Kier molecular flexibility index (Phi) is 7.25. The molecule has 0 aliphatic heterocycles. The van der Waals surface area contributed by atoms with E-state index in [0.29, 0.717) is 11.3 Å². The minimum absolute atomic E-state index is 0.0368. The van der Waals surface area contributed by atoms with Gasteiger partial charge in [0.25, 0.3) is 0 Å². The number of anilines is 2. The lowest BCUT2D eigenvalue weighted by Gasteiger charge is -2.17. The van der Waals surface area contributed by atoms with Gasteiger partial charge in [0.05, 0.1) is 18.8 Å². The van der Waals surface area contributed by atoms with E-state index < -0.39 is 0 Å². The SMILES string of the molecule is CCc1ccccc1NC(=O)CN(C)CC(=O)Nc1ccccc1C(C)=O. The number of ketones is 1. The fourth-order valence-electron chi connectivity index (χ4n) is 2.78. The van der Waals surface area contributed by atoms with Crippen LogP contribution >= 0.6 is 0 Å². The number of hydrogen-bond donors (Lipinski definition) is 2. The summed E-state index contributed by atoms with van der Waals surface area (Å²) >= 11 is 0. The summed E-state index contributed by atoms with van der Waals surface area (Å²) in [5, 5.41) is 5.61. The zero-order valence-corrected chi connectivity index (χ0v) is 15.9. The van der Waals surface area contributed by atoms with Gasteiger partial charge in [0.2, 0.25) is 11.8 Å². The van der Waals surface area contributed by atoms with Crippen molar-refractivity contribution in [2.45, 2.75) is 20.3 Å². The molecule has 2 rings (SSSR count). The maximum absolute atomic E-state index is 12.2. The molecule has 0 aliphatic carbocycles. The lowest BCUT2D eigenvalue weighted by molar-refractivity contribution is -0.119. The van der Waals surface area contributed by atoms with Crippen molar-refractivity contribution in [1.82, 2.24) is 4.90 Å². The third kappa shape index (κ3) is 6.04. The van der Waals surface area contributed by atoms with Crippen LogP contribution in [-0.4, -0.2) is 42.6 Å². The highest BCUT2D eigenvalue weighted by atomic mass is 16.2. The fourth-order valence-corrected chi connectivity index (χ4v) is 2.78. The van der Waals surface area contributed by atoms with E-state index in [1.165, 1.54) is 6.92 Å². The van der Waals surface area contributed by atoms with E-state index in [4.69, 9.17) is 0 Å². The topological polar surface area (TPSA) is 78.5 Å². The Morgan fingerprint density at radius 2 is 1.37 bits per heavy atom. The normalized spacial score (nSPS) is 10.5. The van der Waals surface area contributed by atoms with Crippen LogP contribution in [0, 0.1) is 0 Å². The minimum Gasteiger partial charge on any atom is -0.325 e. The van der Waals surface area contributed by atoms with Crippen LogP contribution in [0.2, 0.25) is 0 Å². The van der Waals surface area contributed by atoms with Gasteiger partial charge in [-0.3, -0.25) is 19.3 Å². The molecule has 142 valence electrons. The van der Waals surface area contributed by atoms with Crippen LogP contribution < -0.4 is 10.6 Å². The second-order valence-electron chi connectivity index (χ2n) is 6.38. The molecule has 2 aromatic carbocycles. The molecule has 0 fully saturated rings. The Bertz CT molecular complexity index is 833. The second-order valence-corrected chi connectivity index (χ2v) is 6.38. The van der Waals surface area contributed by atoms with Crippen molar-refractivity contribution in [3.8, 4) is 0 Å². The van der Waals surface area contributed by atoms with Crippen molar-refractivity contribution < 1.29 is 14.4 Å². The predicted octanol–water partition coefficient (Wildman–Crippen LogP) is 2.96. The number of nitrogens with one attached hydrogen (secondary N) is 2. The molecule has 2 aromatic rings. The monoisotopic (exact) mass is 367 g/mol. The molecule has 6 heteroatoms. The van der Waals surface area contributed by atoms with Crippen LogP contribution in [0.15, 0.2) is 48.5 Å². The summed E-state index contributed by atoms with van der Waals surface area (Å²) in [5.41, 5.74) is 2.79. The summed E-state index contributed by atoms with van der Waals surface area (Å²) in [5.74, 6) is -0.587. The van der Waals surface area contributed by atoms with Crippen LogP contribution in [0.25, 0.3) is 0 Å². The van der Waals surface area contributed by atoms with Gasteiger partial charge in [-0.15, -0.1) is 0 Å². The maximum Gasteiger partial charge on any atom is 0.238 e. The molecule has 2 N–H and O–H groups in total. The first-order valence-corrected chi connectivity index (χ1v) is 8.86. The molecule has 0 atom stereocenters. The number of likely N-dealkylation sites (N-methyl/N-ethyl adjacent to an activating group) is 1. The zero-order chi connectivity index (χ0) is 19.8. The molecule has 6 nitrogen and oxygen atoms in total. The van der Waals surface area contributed by atoms with Crippen LogP contribution in [-0.2, 0) is 16.0 Å². The molecule has 27 heavy (non-hydrogen) atoms. The largest absolute Gasteiger partial charge is 0.325 e. The van der Waals surface area contributed by atoms with Crippen molar-refractivity contribution in [2.24, 2.45) is 0 Å². The molecule has 0 heterocycles. The predicted molar refractivity (Wildman–Crippen MR) is 107 cm³/mol. The van der Waals surface area contributed by atoms with Gasteiger partial charge >= 0.3 is 0 Å². The van der Waals surface area contributed by atoms with Crippen LogP contribution in [0.5, 0.6) is 0 Å². The molecule has 0 bridgehead atoms. The quantitative estimate of drug-likeness (QED) is 0.703. The van der Waals surface area contributed by atoms with Gasteiger partial charge in [0.15, 0.2) is 5.78 Å². The Morgan fingerprint density at radius 1 is 0.852 bits per heavy atom. The molecular formula is C21H25N3O3. The third-order valence-electron chi connectivity index (χ3n) is 4.08. The van der Waals surface area contributed by atoms with Crippen molar-refractivity contribution >= 4 is 29.0 Å². The van der Waals surface area contributed by atoms with Crippen LogP contribution in [0.4, 0.5) is 11.4 Å². The number of para-hydroxylation sites is 2. The first-order chi connectivity index (χ1) is 12.9. The average molecular weight is 367 g/mol. The molecule has 0 saturated carbocycles. The third-order valence-corrected chi connectivity index (χ3v) is 4.08. The Labute approximate surface area is 159 Å². The summed E-state index contributed by atoms with van der Waals surface area (Å²) in [6.45, 7) is 3.60. The van der Waals surface area contributed by atoms with Gasteiger partial charge in [0.1, 0.15) is 0 Å². The number of nitrogens with zero attached hydrogens (tertiary/aromatic N) is 1. The molecule has 0 spiro atoms. The van der Waals surface area contributed by atoms with Gasteiger partial charge in [-0.2, -0.15) is 0 Å². The lowest BCUT2D eigenvalue weighted by atomic mass is 10.1. The summed E-state index contributed by atoms with van der Waals surface area (Å²) in [6, 6.07) is 14.5. The highest BCUT2D eigenvalue weighted by Crippen LogP contribution is 2.16. The Morgan fingerprint density at radius 3 is 1.96 bits per heavy atom. The van der Waals surface area contributed by atoms with E-state index in [2.05, 4.69) is 10.6 Å². The van der Waals surface area contributed by atoms with Gasteiger partial charge in [-0.1, -0.05) is 37.3 Å². The zero-order valence-electron chi connectivity index (χ0n) is 15.9. The molecule has 0 unspecified atom stereocenters. The van der Waals surface area contributed by atoms with Crippen molar-refractivity contribution in [1.29, 1.82) is 0 Å². The molecular weight excluding hydrogens is 342 g/mol. The second kappa shape index (κ2) is 9.64. The molecule has 0 radical (unpaired) electrons. The first-order valence-electron chi connectivity index (χ1n) is 8.86. The summed E-state index contributed by atoms with van der Waals surface area (Å²) < 4.78 is 0. The van der Waals surface area contributed by atoms with Gasteiger partial charge in [-0.05, 0) is 44.2 Å². The van der Waals surface area contributed by atoms with Gasteiger partial charge < -0.3 is 10.6 Å². The van der Waals surface area contributed by atoms with E-state index in [0.717, 1.165) is 17.7 Å². The van der Waals surface area contributed by atoms with Crippen molar-refractivity contribution in [2.75, 3.05) is 30.8 Å². The number of carbonyl (C=O) groups is 3. The van der Waals surface area contributed by atoms with E-state index in [1.807, 2.05) is 31.2 Å². The number of hydrogen-bond acceptors (Lipinski definition) is 4. The Hall–Kier alpha value is -2.99. The number of carbonyl (C=O) groups excluding carboxylic acids is 3. The fraction of sp³-hybridized carbons (Fsp3) is 0.286. The van der Waals surface area contributed by atoms with Crippen LogP contribution in [0.1, 0.15) is 29.8 Å². The summed E-state index contributed by atoms with van der Waals surface area (Å²) in [7, 11) is 1.70. The Balaban J connectivity index is 1.89.